The molecule has 0 fully saturated rings. The van der Waals surface area contributed by atoms with E-state index in [1.54, 1.807) is 19.0 Å². The van der Waals surface area contributed by atoms with Crippen molar-refractivity contribution in [2.24, 2.45) is 0 Å². The third-order valence-electron chi connectivity index (χ3n) is 4.93. The van der Waals surface area contributed by atoms with E-state index < -0.39 is 0 Å². The SMILES string of the molecule is COc1ccc(-c2nc3c4c(ncn3n2)SC2=C(CCCC2)C4)cc1. The standard InChI is InChI=1S/C19H18N4OS/c1-24-14-8-6-12(7-9-14)17-21-18-15-10-13-4-2-3-5-16(13)25-19(15)20-11-23(18)22-17/h6-9,11H,2-5,10H2,1H3. The van der Waals surface area contributed by atoms with Crippen molar-refractivity contribution in [3.8, 4) is 17.1 Å². The third-order valence-corrected chi connectivity index (χ3v) is 6.21. The van der Waals surface area contributed by atoms with E-state index in [4.69, 9.17) is 9.72 Å². The Hall–Kier alpha value is -2.34. The number of hydrogen-bond donors (Lipinski definition) is 0. The van der Waals surface area contributed by atoms with Gasteiger partial charge >= 0.3 is 0 Å². The Balaban J connectivity index is 1.58. The molecule has 6 heteroatoms. The average molecular weight is 350 g/mol. The number of hydrogen-bond acceptors (Lipinski definition) is 5. The summed E-state index contributed by atoms with van der Waals surface area (Å²) in [6.07, 6.45) is 7.77. The maximum atomic E-state index is 5.22. The molecule has 0 N–H and O–H groups in total. The van der Waals surface area contributed by atoms with Gasteiger partial charge in [0.15, 0.2) is 11.5 Å². The second-order valence-corrected chi connectivity index (χ2v) is 7.56. The first-order valence-electron chi connectivity index (χ1n) is 8.59. The highest BCUT2D eigenvalue weighted by molar-refractivity contribution is 8.03. The van der Waals surface area contributed by atoms with Crippen molar-refractivity contribution < 1.29 is 4.74 Å². The molecule has 2 aliphatic rings. The fraction of sp³-hybridized carbons (Fsp3) is 0.316. The lowest BCUT2D eigenvalue weighted by Crippen LogP contribution is -2.10. The van der Waals surface area contributed by atoms with Gasteiger partial charge in [0, 0.05) is 17.5 Å². The molecule has 5 rings (SSSR count). The van der Waals surface area contributed by atoms with Crippen LogP contribution in [0.15, 0.2) is 46.1 Å². The van der Waals surface area contributed by atoms with Gasteiger partial charge in [0.2, 0.25) is 0 Å². The molecule has 0 saturated heterocycles. The second-order valence-electron chi connectivity index (χ2n) is 6.47. The fourth-order valence-electron chi connectivity index (χ4n) is 3.58. The lowest BCUT2D eigenvalue weighted by atomic mass is 9.94. The van der Waals surface area contributed by atoms with Gasteiger partial charge in [-0.2, -0.15) is 0 Å². The van der Waals surface area contributed by atoms with Gasteiger partial charge in [-0.1, -0.05) is 17.3 Å². The van der Waals surface area contributed by atoms with Gasteiger partial charge in [-0.3, -0.25) is 0 Å². The Kier molecular flexibility index (Phi) is 3.52. The monoisotopic (exact) mass is 350 g/mol. The van der Waals surface area contributed by atoms with E-state index in [9.17, 15) is 0 Å². The maximum absolute atomic E-state index is 5.22. The summed E-state index contributed by atoms with van der Waals surface area (Å²) in [5.74, 6) is 1.56. The normalized spacial score (nSPS) is 16.7. The van der Waals surface area contributed by atoms with Crippen LogP contribution in [0.4, 0.5) is 0 Å². The summed E-state index contributed by atoms with van der Waals surface area (Å²) >= 11 is 1.84. The zero-order valence-electron chi connectivity index (χ0n) is 14.0. The molecule has 1 aliphatic heterocycles. The number of methoxy groups -OCH3 is 1. The molecule has 5 nitrogen and oxygen atoms in total. The van der Waals surface area contributed by atoms with E-state index in [1.807, 2.05) is 40.5 Å². The smallest absolute Gasteiger partial charge is 0.182 e. The first kappa shape index (κ1) is 15.0. The van der Waals surface area contributed by atoms with E-state index in [-0.39, 0.29) is 0 Å². The van der Waals surface area contributed by atoms with Crippen LogP contribution in [0.2, 0.25) is 0 Å². The van der Waals surface area contributed by atoms with Crippen molar-refractivity contribution in [3.63, 3.8) is 0 Å². The first-order valence-corrected chi connectivity index (χ1v) is 9.41. The van der Waals surface area contributed by atoms with Crippen LogP contribution in [0.1, 0.15) is 31.2 Å². The van der Waals surface area contributed by atoms with Gasteiger partial charge in [0.1, 0.15) is 17.1 Å². The zero-order valence-corrected chi connectivity index (χ0v) is 14.8. The number of thioether (sulfide) groups is 1. The highest BCUT2D eigenvalue weighted by Gasteiger charge is 2.25. The Morgan fingerprint density at radius 2 is 1.96 bits per heavy atom. The van der Waals surface area contributed by atoms with Crippen LogP contribution in [0.5, 0.6) is 5.75 Å². The van der Waals surface area contributed by atoms with Crippen molar-refractivity contribution in [1.82, 2.24) is 19.6 Å². The predicted octanol–water partition coefficient (Wildman–Crippen LogP) is 4.28. The molecular formula is C19H18N4OS. The van der Waals surface area contributed by atoms with Crippen LogP contribution in [-0.2, 0) is 6.42 Å². The highest BCUT2D eigenvalue weighted by atomic mass is 32.2. The number of rotatable bonds is 2. The molecule has 0 spiro atoms. The van der Waals surface area contributed by atoms with Crippen molar-refractivity contribution >= 4 is 17.4 Å². The van der Waals surface area contributed by atoms with Crippen LogP contribution in [0, 0.1) is 0 Å². The summed E-state index contributed by atoms with van der Waals surface area (Å²) < 4.78 is 7.04. The second kappa shape index (κ2) is 5.88. The summed E-state index contributed by atoms with van der Waals surface area (Å²) in [6.45, 7) is 0. The van der Waals surface area contributed by atoms with Crippen LogP contribution >= 0.6 is 11.8 Å². The minimum absolute atomic E-state index is 0.728. The van der Waals surface area contributed by atoms with Crippen LogP contribution in [-0.4, -0.2) is 26.7 Å². The van der Waals surface area contributed by atoms with E-state index in [1.165, 1.54) is 36.2 Å². The molecule has 0 bridgehead atoms. The van der Waals surface area contributed by atoms with Crippen molar-refractivity contribution in [2.45, 2.75) is 37.1 Å². The molecule has 3 heterocycles. The lowest BCUT2D eigenvalue weighted by Gasteiger charge is -2.25. The molecule has 1 aliphatic carbocycles. The lowest BCUT2D eigenvalue weighted by molar-refractivity contribution is 0.415. The molecule has 126 valence electrons. The molecule has 0 radical (unpaired) electrons. The van der Waals surface area contributed by atoms with Crippen molar-refractivity contribution in [1.29, 1.82) is 0 Å². The van der Waals surface area contributed by atoms with Gasteiger partial charge in [0.25, 0.3) is 0 Å². The van der Waals surface area contributed by atoms with Gasteiger partial charge < -0.3 is 4.74 Å². The quantitative estimate of drug-likeness (QED) is 0.646. The minimum Gasteiger partial charge on any atom is -0.497 e. The molecule has 3 aromatic rings. The molecule has 0 atom stereocenters. The first-order chi connectivity index (χ1) is 12.3. The minimum atomic E-state index is 0.728. The predicted molar refractivity (Wildman–Crippen MR) is 97.8 cm³/mol. The van der Waals surface area contributed by atoms with E-state index in [2.05, 4.69) is 10.1 Å². The number of aromatic nitrogens is 4. The van der Waals surface area contributed by atoms with E-state index >= 15 is 0 Å². The van der Waals surface area contributed by atoms with E-state index in [0.29, 0.717) is 0 Å². The Morgan fingerprint density at radius 1 is 1.12 bits per heavy atom. The summed E-state index contributed by atoms with van der Waals surface area (Å²) in [7, 11) is 1.67. The van der Waals surface area contributed by atoms with Gasteiger partial charge in [-0.25, -0.2) is 14.5 Å². The number of nitrogens with zero attached hydrogens (tertiary/aromatic N) is 4. The van der Waals surface area contributed by atoms with Crippen molar-refractivity contribution in [3.05, 3.63) is 46.6 Å². The molecule has 0 amide bonds. The summed E-state index contributed by atoms with van der Waals surface area (Å²) in [4.78, 5) is 11.0. The number of ether oxygens (including phenoxy) is 1. The van der Waals surface area contributed by atoms with Gasteiger partial charge in [-0.15, -0.1) is 5.10 Å². The molecular weight excluding hydrogens is 332 g/mol. The van der Waals surface area contributed by atoms with Gasteiger partial charge in [0.05, 0.1) is 7.11 Å². The molecule has 2 aromatic heterocycles. The summed E-state index contributed by atoms with van der Waals surface area (Å²) in [6, 6.07) is 7.85. The molecule has 0 saturated carbocycles. The van der Waals surface area contributed by atoms with E-state index in [0.717, 1.165) is 34.2 Å². The molecule has 1 aromatic carbocycles. The molecule has 0 unspecified atom stereocenters. The number of allylic oxidation sites excluding steroid dienone is 2. The van der Waals surface area contributed by atoms with Gasteiger partial charge in [-0.05, 0) is 54.9 Å². The van der Waals surface area contributed by atoms with Crippen LogP contribution < -0.4 is 4.74 Å². The van der Waals surface area contributed by atoms with Crippen LogP contribution in [0.25, 0.3) is 17.0 Å². The zero-order chi connectivity index (χ0) is 16.8. The Morgan fingerprint density at radius 3 is 2.80 bits per heavy atom. The average Bonchev–Trinajstić information content (AvgIpc) is 3.11. The summed E-state index contributed by atoms with van der Waals surface area (Å²) in [5.41, 5.74) is 4.72. The maximum Gasteiger partial charge on any atom is 0.182 e. The van der Waals surface area contributed by atoms with Crippen LogP contribution in [0.3, 0.4) is 0 Å². The Labute approximate surface area is 150 Å². The number of fused-ring (bicyclic) bond motifs is 3. The fourth-order valence-corrected chi connectivity index (χ4v) is 4.76. The molecule has 25 heavy (non-hydrogen) atoms. The highest BCUT2D eigenvalue weighted by Crippen LogP contribution is 2.44. The third kappa shape index (κ3) is 2.52. The van der Waals surface area contributed by atoms with Crippen molar-refractivity contribution in [2.75, 3.05) is 7.11 Å². The topological polar surface area (TPSA) is 52.3 Å². The Bertz CT molecular complexity index is 991. The summed E-state index contributed by atoms with van der Waals surface area (Å²) in [5, 5.41) is 5.73. The largest absolute Gasteiger partial charge is 0.497 e. The number of benzene rings is 1.